The van der Waals surface area contributed by atoms with Gasteiger partial charge in [0, 0.05) is 19.6 Å². The first kappa shape index (κ1) is 11.1. The molecule has 4 heteroatoms. The number of rotatable bonds is 4. The van der Waals surface area contributed by atoms with Crippen LogP contribution in [0.3, 0.4) is 0 Å². The van der Waals surface area contributed by atoms with E-state index in [-0.39, 0.29) is 0 Å². The molecule has 1 aromatic heterocycles. The third-order valence-electron chi connectivity index (χ3n) is 3.07. The van der Waals surface area contributed by atoms with Gasteiger partial charge in [-0.2, -0.15) is 5.10 Å². The molecule has 0 saturated heterocycles. The molecule has 1 fully saturated rings. The van der Waals surface area contributed by atoms with Crippen LogP contribution in [0.25, 0.3) is 0 Å². The fourth-order valence-corrected chi connectivity index (χ4v) is 2.61. The lowest BCUT2D eigenvalue weighted by molar-refractivity contribution is 0.306. The van der Waals surface area contributed by atoms with Crippen molar-refractivity contribution in [2.24, 2.45) is 7.05 Å². The molecule has 84 valence electrons. The van der Waals surface area contributed by atoms with Crippen LogP contribution in [0, 0.1) is 0 Å². The Morgan fingerprint density at radius 2 is 2.20 bits per heavy atom. The van der Waals surface area contributed by atoms with Gasteiger partial charge in [0.1, 0.15) is 0 Å². The Labute approximate surface area is 99.6 Å². The molecule has 1 aliphatic rings. The molecule has 1 aliphatic carbocycles. The molecule has 0 radical (unpaired) electrons. The van der Waals surface area contributed by atoms with Gasteiger partial charge in [0.2, 0.25) is 0 Å². The third-order valence-corrected chi connectivity index (χ3v) is 3.99. The number of aromatic nitrogens is 2. The average Bonchev–Trinajstić information content (AvgIpc) is 3.00. The largest absolute Gasteiger partial charge is 0.298 e. The van der Waals surface area contributed by atoms with Gasteiger partial charge in [-0.15, -0.1) is 0 Å². The van der Waals surface area contributed by atoms with Crippen molar-refractivity contribution < 1.29 is 0 Å². The predicted molar refractivity (Wildman–Crippen MR) is 64.8 cm³/mol. The van der Waals surface area contributed by atoms with Crippen LogP contribution in [-0.4, -0.2) is 27.8 Å². The standard InChI is InChI=1S/C11H18BrN3/c1-4-9-11(12)10(15(3)13-9)7-14(2)8-5-6-8/h8H,4-7H2,1-3H3. The van der Waals surface area contributed by atoms with E-state index < -0.39 is 0 Å². The number of hydrogen-bond acceptors (Lipinski definition) is 2. The van der Waals surface area contributed by atoms with Crippen molar-refractivity contribution in [2.75, 3.05) is 7.05 Å². The Morgan fingerprint density at radius 1 is 1.53 bits per heavy atom. The first-order valence-electron chi connectivity index (χ1n) is 5.54. The predicted octanol–water partition coefficient (Wildman–Crippen LogP) is 2.34. The zero-order valence-corrected chi connectivity index (χ0v) is 11.2. The average molecular weight is 272 g/mol. The maximum atomic E-state index is 4.50. The highest BCUT2D eigenvalue weighted by Crippen LogP contribution is 2.29. The molecule has 0 unspecified atom stereocenters. The summed E-state index contributed by atoms with van der Waals surface area (Å²) >= 11 is 3.65. The molecule has 0 spiro atoms. The third kappa shape index (κ3) is 2.26. The van der Waals surface area contributed by atoms with Gasteiger partial charge in [0.05, 0.1) is 15.9 Å². The van der Waals surface area contributed by atoms with E-state index in [1.54, 1.807) is 0 Å². The number of nitrogens with zero attached hydrogens (tertiary/aromatic N) is 3. The Balaban J connectivity index is 2.15. The Morgan fingerprint density at radius 3 is 2.67 bits per heavy atom. The van der Waals surface area contributed by atoms with Crippen LogP contribution in [0.4, 0.5) is 0 Å². The number of halogens is 1. The van der Waals surface area contributed by atoms with Gasteiger partial charge in [0.15, 0.2) is 0 Å². The van der Waals surface area contributed by atoms with Crippen LogP contribution in [0.2, 0.25) is 0 Å². The van der Waals surface area contributed by atoms with Crippen LogP contribution in [0.15, 0.2) is 4.47 Å². The van der Waals surface area contributed by atoms with Gasteiger partial charge in [0.25, 0.3) is 0 Å². The van der Waals surface area contributed by atoms with Crippen LogP contribution in [0.1, 0.15) is 31.2 Å². The van der Waals surface area contributed by atoms with Crippen molar-refractivity contribution in [3.8, 4) is 0 Å². The Kier molecular flexibility index (Phi) is 3.16. The molecule has 0 amide bonds. The van der Waals surface area contributed by atoms with Crippen molar-refractivity contribution in [3.05, 3.63) is 15.9 Å². The number of hydrogen-bond donors (Lipinski definition) is 0. The second kappa shape index (κ2) is 4.26. The van der Waals surface area contributed by atoms with Gasteiger partial charge in [-0.3, -0.25) is 9.58 Å². The first-order chi connectivity index (χ1) is 7.13. The van der Waals surface area contributed by atoms with Gasteiger partial charge < -0.3 is 0 Å². The van der Waals surface area contributed by atoms with E-state index in [4.69, 9.17) is 0 Å². The highest BCUT2D eigenvalue weighted by molar-refractivity contribution is 9.10. The van der Waals surface area contributed by atoms with Crippen molar-refractivity contribution in [3.63, 3.8) is 0 Å². The van der Waals surface area contributed by atoms with Gasteiger partial charge in [-0.1, -0.05) is 6.92 Å². The van der Waals surface area contributed by atoms with E-state index in [0.717, 1.165) is 24.7 Å². The quantitative estimate of drug-likeness (QED) is 0.838. The molecule has 0 atom stereocenters. The fraction of sp³-hybridized carbons (Fsp3) is 0.727. The molecule has 1 heterocycles. The second-order valence-corrected chi connectivity index (χ2v) is 5.12. The minimum absolute atomic E-state index is 0.803. The van der Waals surface area contributed by atoms with E-state index >= 15 is 0 Å². The maximum absolute atomic E-state index is 4.50. The van der Waals surface area contributed by atoms with Gasteiger partial charge in [-0.25, -0.2) is 0 Å². The molecule has 3 nitrogen and oxygen atoms in total. The SMILES string of the molecule is CCc1nn(C)c(CN(C)C2CC2)c1Br. The van der Waals surface area contributed by atoms with Crippen LogP contribution >= 0.6 is 15.9 Å². The van der Waals surface area contributed by atoms with E-state index in [1.807, 2.05) is 11.7 Å². The van der Waals surface area contributed by atoms with Gasteiger partial charge >= 0.3 is 0 Å². The molecular formula is C11H18BrN3. The summed E-state index contributed by atoms with van der Waals surface area (Å²) < 4.78 is 3.20. The van der Waals surface area contributed by atoms with Crippen LogP contribution in [0.5, 0.6) is 0 Å². The molecule has 1 saturated carbocycles. The minimum Gasteiger partial charge on any atom is -0.298 e. The summed E-state index contributed by atoms with van der Waals surface area (Å²) in [5, 5.41) is 4.50. The topological polar surface area (TPSA) is 21.1 Å². The lowest BCUT2D eigenvalue weighted by Gasteiger charge is -2.15. The Hall–Kier alpha value is -0.350. The maximum Gasteiger partial charge on any atom is 0.0767 e. The summed E-state index contributed by atoms with van der Waals surface area (Å²) in [5.41, 5.74) is 2.46. The normalized spacial score (nSPS) is 16.3. The first-order valence-corrected chi connectivity index (χ1v) is 6.33. The van der Waals surface area contributed by atoms with E-state index in [0.29, 0.717) is 0 Å². The molecule has 0 aromatic carbocycles. The minimum atomic E-state index is 0.803. The molecule has 0 aliphatic heterocycles. The van der Waals surface area contributed by atoms with Crippen LogP contribution < -0.4 is 0 Å². The molecular weight excluding hydrogens is 254 g/mol. The zero-order valence-electron chi connectivity index (χ0n) is 9.63. The summed E-state index contributed by atoms with van der Waals surface area (Å²) in [5.74, 6) is 0. The van der Waals surface area contributed by atoms with E-state index in [2.05, 4.69) is 39.9 Å². The highest BCUT2D eigenvalue weighted by Gasteiger charge is 2.27. The van der Waals surface area contributed by atoms with Crippen molar-refractivity contribution in [1.29, 1.82) is 0 Å². The smallest absolute Gasteiger partial charge is 0.0767 e. The van der Waals surface area contributed by atoms with Gasteiger partial charge in [-0.05, 0) is 42.2 Å². The monoisotopic (exact) mass is 271 g/mol. The van der Waals surface area contributed by atoms with Crippen molar-refractivity contribution in [2.45, 2.75) is 38.8 Å². The van der Waals surface area contributed by atoms with Crippen LogP contribution in [-0.2, 0) is 20.0 Å². The van der Waals surface area contributed by atoms with E-state index in [1.165, 1.54) is 23.0 Å². The highest BCUT2D eigenvalue weighted by atomic mass is 79.9. The second-order valence-electron chi connectivity index (χ2n) is 4.33. The lowest BCUT2D eigenvalue weighted by Crippen LogP contribution is -2.21. The summed E-state index contributed by atoms with van der Waals surface area (Å²) in [6.07, 6.45) is 3.70. The summed E-state index contributed by atoms with van der Waals surface area (Å²) in [4.78, 5) is 2.42. The lowest BCUT2D eigenvalue weighted by atomic mass is 10.3. The molecule has 1 aromatic rings. The molecule has 15 heavy (non-hydrogen) atoms. The molecule has 0 N–H and O–H groups in total. The summed E-state index contributed by atoms with van der Waals surface area (Å²) in [7, 11) is 4.22. The van der Waals surface area contributed by atoms with E-state index in [9.17, 15) is 0 Å². The molecule has 2 rings (SSSR count). The van der Waals surface area contributed by atoms with Crippen molar-refractivity contribution in [1.82, 2.24) is 14.7 Å². The summed E-state index contributed by atoms with van der Waals surface area (Å²) in [6, 6.07) is 0.803. The fourth-order valence-electron chi connectivity index (χ4n) is 1.87. The molecule has 0 bridgehead atoms. The Bertz CT molecular complexity index is 355. The number of aryl methyl sites for hydroxylation is 2. The summed E-state index contributed by atoms with van der Waals surface area (Å²) in [6.45, 7) is 3.14. The zero-order chi connectivity index (χ0) is 11.0. The van der Waals surface area contributed by atoms with Crippen molar-refractivity contribution >= 4 is 15.9 Å².